The lowest BCUT2D eigenvalue weighted by Crippen LogP contribution is -1.85. The Morgan fingerprint density at radius 1 is 1.60 bits per heavy atom. The number of nitrogens with one attached hydrogen (secondary N) is 1. The highest BCUT2D eigenvalue weighted by molar-refractivity contribution is 5.51. The molecule has 0 radical (unpaired) electrons. The Balaban J connectivity index is 2.25. The first-order valence-electron chi connectivity index (χ1n) is 4.75. The molecule has 0 saturated heterocycles. The van der Waals surface area contributed by atoms with Crippen LogP contribution < -0.4 is 0 Å². The van der Waals surface area contributed by atoms with E-state index in [0.29, 0.717) is 23.0 Å². The van der Waals surface area contributed by atoms with E-state index in [1.165, 1.54) is 0 Å². The van der Waals surface area contributed by atoms with Gasteiger partial charge in [-0.2, -0.15) is 10.2 Å². The molecule has 2 rings (SSSR count). The summed E-state index contributed by atoms with van der Waals surface area (Å²) < 4.78 is 5.06. The van der Waals surface area contributed by atoms with Crippen molar-refractivity contribution in [2.75, 3.05) is 0 Å². The molecule has 5 heteroatoms. The van der Waals surface area contributed by atoms with Gasteiger partial charge < -0.3 is 9.51 Å². The molecule has 15 heavy (non-hydrogen) atoms. The van der Waals surface area contributed by atoms with Crippen LogP contribution in [0.1, 0.15) is 24.7 Å². The van der Waals surface area contributed by atoms with Gasteiger partial charge in [0, 0.05) is 12.6 Å². The number of aryl methyl sites for hydroxylation is 1. The Hall–Kier alpha value is -2.09. The monoisotopic (exact) mass is 202 g/mol. The van der Waals surface area contributed by atoms with Crippen LogP contribution in [0.5, 0.6) is 0 Å². The molecule has 2 heterocycles. The minimum Gasteiger partial charge on any atom is -0.356 e. The molecule has 0 saturated carbocycles. The topological polar surface area (TPSA) is 78.5 Å². The molecule has 0 bridgehead atoms. The highest BCUT2D eigenvalue weighted by atomic mass is 16.5. The molecule has 0 aliphatic carbocycles. The molecule has 2 aromatic heterocycles. The maximum atomic E-state index is 8.65. The number of rotatable bonds is 3. The molecule has 2 aromatic rings. The summed E-state index contributed by atoms with van der Waals surface area (Å²) in [7, 11) is 0. The van der Waals surface area contributed by atoms with Gasteiger partial charge in [-0.3, -0.25) is 0 Å². The highest BCUT2D eigenvalue weighted by Gasteiger charge is 2.09. The van der Waals surface area contributed by atoms with Crippen LogP contribution in [0.2, 0.25) is 0 Å². The van der Waals surface area contributed by atoms with E-state index in [2.05, 4.69) is 22.0 Å². The van der Waals surface area contributed by atoms with Crippen molar-refractivity contribution in [2.45, 2.75) is 19.8 Å². The maximum Gasteiger partial charge on any atom is 0.274 e. The first-order valence-corrected chi connectivity index (χ1v) is 4.75. The van der Waals surface area contributed by atoms with Gasteiger partial charge in [0.1, 0.15) is 11.8 Å². The summed E-state index contributed by atoms with van der Waals surface area (Å²) in [5.41, 5.74) is 1.24. The van der Waals surface area contributed by atoms with Crippen LogP contribution in [-0.2, 0) is 6.42 Å². The Bertz CT molecular complexity index is 491. The summed E-state index contributed by atoms with van der Waals surface area (Å²) >= 11 is 0. The van der Waals surface area contributed by atoms with Crippen molar-refractivity contribution in [1.82, 2.24) is 15.1 Å². The molecular weight excluding hydrogens is 192 g/mol. The third-order valence-electron chi connectivity index (χ3n) is 1.98. The van der Waals surface area contributed by atoms with Gasteiger partial charge in [-0.25, -0.2) is 0 Å². The Morgan fingerprint density at radius 3 is 3.13 bits per heavy atom. The molecule has 0 spiro atoms. The number of aromatic amines is 1. The van der Waals surface area contributed by atoms with E-state index in [0.717, 1.165) is 12.8 Å². The number of hydrogen-bond donors (Lipinski definition) is 1. The quantitative estimate of drug-likeness (QED) is 0.824. The predicted octanol–water partition coefficient (Wildman–Crippen LogP) is 1.89. The average Bonchev–Trinajstić information content (AvgIpc) is 2.85. The average molecular weight is 202 g/mol. The molecule has 0 aliphatic heterocycles. The van der Waals surface area contributed by atoms with Crippen molar-refractivity contribution >= 4 is 0 Å². The molecule has 0 atom stereocenters. The van der Waals surface area contributed by atoms with Gasteiger partial charge in [0.15, 0.2) is 5.82 Å². The maximum absolute atomic E-state index is 8.65. The van der Waals surface area contributed by atoms with Crippen LogP contribution in [0.3, 0.4) is 0 Å². The lowest BCUT2D eigenvalue weighted by atomic mass is 10.3. The van der Waals surface area contributed by atoms with E-state index >= 15 is 0 Å². The Kier molecular flexibility index (Phi) is 2.50. The molecule has 0 aliphatic rings. The van der Waals surface area contributed by atoms with Crippen molar-refractivity contribution in [3.05, 3.63) is 23.7 Å². The van der Waals surface area contributed by atoms with Gasteiger partial charge in [0.2, 0.25) is 0 Å². The molecule has 0 aromatic carbocycles. The molecular formula is C10H10N4O. The van der Waals surface area contributed by atoms with E-state index in [-0.39, 0.29) is 0 Å². The largest absolute Gasteiger partial charge is 0.356 e. The minimum absolute atomic E-state index is 0.431. The van der Waals surface area contributed by atoms with E-state index in [4.69, 9.17) is 9.78 Å². The smallest absolute Gasteiger partial charge is 0.274 e. The number of aromatic nitrogens is 3. The third kappa shape index (κ3) is 1.89. The normalized spacial score (nSPS) is 10.1. The summed E-state index contributed by atoms with van der Waals surface area (Å²) in [5.74, 6) is 1.13. The van der Waals surface area contributed by atoms with Gasteiger partial charge >= 0.3 is 0 Å². The van der Waals surface area contributed by atoms with Crippen LogP contribution in [0.4, 0.5) is 0 Å². The van der Waals surface area contributed by atoms with Crippen molar-refractivity contribution in [3.8, 4) is 17.7 Å². The zero-order valence-corrected chi connectivity index (χ0v) is 8.32. The second kappa shape index (κ2) is 3.96. The van der Waals surface area contributed by atoms with Crippen molar-refractivity contribution in [1.29, 1.82) is 5.26 Å². The first-order chi connectivity index (χ1) is 7.33. The minimum atomic E-state index is 0.431. The summed E-state index contributed by atoms with van der Waals surface area (Å²) in [6, 6.07) is 3.71. The van der Waals surface area contributed by atoms with Gasteiger partial charge in [0.05, 0.1) is 5.56 Å². The Morgan fingerprint density at radius 2 is 2.47 bits per heavy atom. The predicted molar refractivity (Wildman–Crippen MR) is 52.8 cm³/mol. The van der Waals surface area contributed by atoms with E-state index in [9.17, 15) is 0 Å². The second-order valence-electron chi connectivity index (χ2n) is 3.18. The lowest BCUT2D eigenvalue weighted by Gasteiger charge is -1.85. The van der Waals surface area contributed by atoms with Gasteiger partial charge in [-0.05, 0) is 12.5 Å². The number of nitriles is 1. The van der Waals surface area contributed by atoms with E-state index < -0.39 is 0 Å². The van der Waals surface area contributed by atoms with Gasteiger partial charge in [-0.1, -0.05) is 12.1 Å². The third-order valence-corrected chi connectivity index (χ3v) is 1.98. The van der Waals surface area contributed by atoms with Crippen LogP contribution >= 0.6 is 0 Å². The van der Waals surface area contributed by atoms with Crippen molar-refractivity contribution in [2.24, 2.45) is 0 Å². The lowest BCUT2D eigenvalue weighted by molar-refractivity contribution is 0.421. The summed E-state index contributed by atoms with van der Waals surface area (Å²) in [5, 5.41) is 12.5. The Labute approximate surface area is 86.7 Å². The molecule has 0 fully saturated rings. The number of nitrogens with zero attached hydrogens (tertiary/aromatic N) is 3. The molecule has 0 amide bonds. The summed E-state index contributed by atoms with van der Waals surface area (Å²) in [4.78, 5) is 7.11. The highest BCUT2D eigenvalue weighted by Crippen LogP contribution is 2.16. The number of H-pyrrole nitrogens is 1. The fourth-order valence-corrected chi connectivity index (χ4v) is 1.27. The van der Waals surface area contributed by atoms with Gasteiger partial charge in [0.25, 0.3) is 5.89 Å². The fraction of sp³-hybridized carbons (Fsp3) is 0.300. The fourth-order valence-electron chi connectivity index (χ4n) is 1.27. The standard InChI is InChI=1S/C10H10N4O/c1-2-3-9-13-10(15-14-9)8-4-7(5-11)6-12-8/h4,6,12H,2-3H2,1H3. The SMILES string of the molecule is CCCc1noc(-c2cc(C#N)c[nH]2)n1. The van der Waals surface area contributed by atoms with E-state index in [1.54, 1.807) is 12.3 Å². The zero-order valence-electron chi connectivity index (χ0n) is 8.32. The first kappa shape index (κ1) is 9.46. The molecule has 0 unspecified atom stereocenters. The second-order valence-corrected chi connectivity index (χ2v) is 3.18. The van der Waals surface area contributed by atoms with E-state index in [1.807, 2.05) is 6.07 Å². The van der Waals surface area contributed by atoms with Crippen molar-refractivity contribution in [3.63, 3.8) is 0 Å². The summed E-state index contributed by atoms with van der Waals surface area (Å²) in [6.45, 7) is 2.05. The molecule has 76 valence electrons. The van der Waals surface area contributed by atoms with Crippen LogP contribution in [0.25, 0.3) is 11.6 Å². The molecule has 1 N–H and O–H groups in total. The number of hydrogen-bond acceptors (Lipinski definition) is 4. The zero-order chi connectivity index (χ0) is 10.7. The molecule has 5 nitrogen and oxygen atoms in total. The summed E-state index contributed by atoms with van der Waals surface area (Å²) in [6.07, 6.45) is 3.39. The van der Waals surface area contributed by atoms with Gasteiger partial charge in [-0.15, -0.1) is 0 Å². The van der Waals surface area contributed by atoms with Crippen molar-refractivity contribution < 1.29 is 4.52 Å². The van der Waals surface area contributed by atoms with Crippen LogP contribution in [0, 0.1) is 11.3 Å². The van der Waals surface area contributed by atoms with Crippen LogP contribution in [-0.4, -0.2) is 15.1 Å². The van der Waals surface area contributed by atoms with Crippen LogP contribution in [0.15, 0.2) is 16.8 Å².